The van der Waals surface area contributed by atoms with Gasteiger partial charge in [-0.05, 0) is 36.6 Å². The number of aliphatic imine (C=N–C) groups is 1. The molecule has 0 aliphatic carbocycles. The third-order valence-corrected chi connectivity index (χ3v) is 4.37. The Kier molecular flexibility index (Phi) is 5.43. The second kappa shape index (κ2) is 7.73. The predicted octanol–water partition coefficient (Wildman–Crippen LogP) is 3.10. The molecule has 2 aliphatic rings. The van der Waals surface area contributed by atoms with Gasteiger partial charge in [-0.2, -0.15) is 0 Å². The van der Waals surface area contributed by atoms with Gasteiger partial charge in [0.15, 0.2) is 5.66 Å². The third kappa shape index (κ3) is 3.91. The van der Waals surface area contributed by atoms with Crippen molar-refractivity contribution in [2.45, 2.75) is 31.8 Å². The van der Waals surface area contributed by atoms with Crippen molar-refractivity contribution in [3.05, 3.63) is 60.1 Å². The van der Waals surface area contributed by atoms with E-state index in [-0.39, 0.29) is 5.82 Å². The maximum atomic E-state index is 13.4. The summed E-state index contributed by atoms with van der Waals surface area (Å²) in [4.78, 5) is 7.27. The van der Waals surface area contributed by atoms with Crippen molar-refractivity contribution >= 4 is 5.84 Å². The molecule has 0 fully saturated rings. The standard InChI is InChI=1S/C19H25FN4/c1-2-6-18-21-12-11-19(23-18,16-7-9-17(20)10-8-16)22-15-24-13-4-3-5-14-24/h3-4,7-12,22H,2,5-6,13-15H2,1H3,(H,21,23). The smallest absolute Gasteiger partial charge is 0.160 e. The number of hydrogen-bond acceptors (Lipinski definition) is 4. The van der Waals surface area contributed by atoms with Gasteiger partial charge >= 0.3 is 0 Å². The summed E-state index contributed by atoms with van der Waals surface area (Å²) in [6.07, 6.45) is 11.3. The van der Waals surface area contributed by atoms with Crippen molar-refractivity contribution in [3.8, 4) is 0 Å². The monoisotopic (exact) mass is 328 g/mol. The minimum absolute atomic E-state index is 0.231. The second-order valence-corrected chi connectivity index (χ2v) is 6.23. The molecule has 0 saturated heterocycles. The van der Waals surface area contributed by atoms with Crippen molar-refractivity contribution in [3.63, 3.8) is 0 Å². The molecular weight excluding hydrogens is 303 g/mol. The molecule has 24 heavy (non-hydrogen) atoms. The molecule has 0 bridgehead atoms. The molecule has 0 saturated carbocycles. The van der Waals surface area contributed by atoms with Crippen LogP contribution in [0.5, 0.6) is 0 Å². The van der Waals surface area contributed by atoms with Crippen molar-refractivity contribution < 1.29 is 4.39 Å². The van der Waals surface area contributed by atoms with Crippen molar-refractivity contribution in [1.29, 1.82) is 0 Å². The fourth-order valence-corrected chi connectivity index (χ4v) is 3.04. The summed E-state index contributed by atoms with van der Waals surface area (Å²) in [6, 6.07) is 6.60. The van der Waals surface area contributed by atoms with Gasteiger partial charge in [0.25, 0.3) is 0 Å². The Labute approximate surface area is 143 Å². The van der Waals surface area contributed by atoms with E-state index in [1.165, 1.54) is 12.1 Å². The summed E-state index contributed by atoms with van der Waals surface area (Å²) in [5.41, 5.74) is 0.299. The van der Waals surface area contributed by atoms with E-state index in [1.54, 1.807) is 12.1 Å². The van der Waals surface area contributed by atoms with Crippen LogP contribution in [0.1, 0.15) is 31.7 Å². The van der Waals surface area contributed by atoms with E-state index >= 15 is 0 Å². The van der Waals surface area contributed by atoms with E-state index in [2.05, 4.69) is 34.6 Å². The highest BCUT2D eigenvalue weighted by molar-refractivity contribution is 5.84. The highest BCUT2D eigenvalue weighted by Gasteiger charge is 2.31. The van der Waals surface area contributed by atoms with Crippen LogP contribution in [0.15, 0.2) is 53.7 Å². The van der Waals surface area contributed by atoms with E-state index < -0.39 is 5.66 Å². The zero-order valence-electron chi connectivity index (χ0n) is 14.1. The lowest BCUT2D eigenvalue weighted by molar-refractivity contribution is 0.238. The lowest BCUT2D eigenvalue weighted by atomic mass is 9.98. The Bertz CT molecular complexity index is 635. The van der Waals surface area contributed by atoms with E-state index in [0.29, 0.717) is 0 Å². The molecule has 2 aliphatic heterocycles. The predicted molar refractivity (Wildman–Crippen MR) is 96.0 cm³/mol. The molecule has 4 nitrogen and oxygen atoms in total. The maximum Gasteiger partial charge on any atom is 0.160 e. The van der Waals surface area contributed by atoms with Gasteiger partial charge in [0.2, 0.25) is 0 Å². The molecule has 2 N–H and O–H groups in total. The van der Waals surface area contributed by atoms with Crippen LogP contribution < -0.4 is 10.6 Å². The molecule has 1 aromatic carbocycles. The van der Waals surface area contributed by atoms with Gasteiger partial charge in [-0.15, -0.1) is 0 Å². The first-order valence-electron chi connectivity index (χ1n) is 8.63. The molecule has 2 heterocycles. The van der Waals surface area contributed by atoms with Crippen molar-refractivity contribution in [1.82, 2.24) is 15.5 Å². The molecule has 3 rings (SSSR count). The zero-order chi connectivity index (χ0) is 16.8. The number of rotatable bonds is 6. The van der Waals surface area contributed by atoms with Gasteiger partial charge in [-0.25, -0.2) is 9.38 Å². The molecular formula is C19H25FN4. The second-order valence-electron chi connectivity index (χ2n) is 6.23. The van der Waals surface area contributed by atoms with Crippen LogP contribution in [0.25, 0.3) is 0 Å². The fourth-order valence-electron chi connectivity index (χ4n) is 3.04. The summed E-state index contributed by atoms with van der Waals surface area (Å²) in [5, 5.41) is 6.81. The molecule has 5 heteroatoms. The molecule has 0 amide bonds. The number of nitrogens with zero attached hydrogens (tertiary/aromatic N) is 2. The Morgan fingerprint density at radius 1 is 1.29 bits per heavy atom. The highest BCUT2D eigenvalue weighted by Crippen LogP contribution is 2.27. The number of nitrogens with one attached hydrogen (secondary N) is 2. The minimum Gasteiger partial charge on any atom is -0.351 e. The Morgan fingerprint density at radius 3 is 2.83 bits per heavy atom. The first kappa shape index (κ1) is 16.9. The van der Waals surface area contributed by atoms with Gasteiger partial charge in [0, 0.05) is 25.7 Å². The quantitative estimate of drug-likeness (QED) is 0.788. The summed E-state index contributed by atoms with van der Waals surface area (Å²) in [7, 11) is 0. The lowest BCUT2D eigenvalue weighted by Crippen LogP contribution is -2.49. The highest BCUT2D eigenvalue weighted by atomic mass is 19.1. The van der Waals surface area contributed by atoms with Gasteiger partial charge in [0.1, 0.15) is 11.7 Å². The average molecular weight is 328 g/mol. The van der Waals surface area contributed by atoms with E-state index in [1.807, 2.05) is 12.3 Å². The van der Waals surface area contributed by atoms with E-state index in [0.717, 1.165) is 50.4 Å². The van der Waals surface area contributed by atoms with Crippen LogP contribution in [-0.2, 0) is 5.66 Å². The number of benzene rings is 1. The summed E-state index contributed by atoms with van der Waals surface area (Å²) < 4.78 is 13.4. The Morgan fingerprint density at radius 2 is 2.12 bits per heavy atom. The van der Waals surface area contributed by atoms with Crippen LogP contribution in [-0.4, -0.2) is 30.5 Å². The van der Waals surface area contributed by atoms with Crippen LogP contribution in [0.2, 0.25) is 0 Å². The normalized spacial score (nSPS) is 23.8. The number of hydrogen-bond donors (Lipinski definition) is 2. The summed E-state index contributed by atoms with van der Waals surface area (Å²) >= 11 is 0. The fraction of sp³-hybridized carbons (Fsp3) is 0.421. The number of amidine groups is 1. The van der Waals surface area contributed by atoms with Gasteiger partial charge in [0.05, 0.1) is 6.67 Å². The lowest BCUT2D eigenvalue weighted by Gasteiger charge is -2.35. The van der Waals surface area contributed by atoms with Crippen LogP contribution >= 0.6 is 0 Å². The molecule has 0 radical (unpaired) electrons. The van der Waals surface area contributed by atoms with Crippen LogP contribution in [0, 0.1) is 5.82 Å². The summed E-state index contributed by atoms with van der Waals surface area (Å²) in [6.45, 7) is 4.85. The SMILES string of the molecule is CCCC1=NC(NCN2CC=CCC2)(c2ccc(F)cc2)C=CN1. The first-order valence-corrected chi connectivity index (χ1v) is 8.63. The van der Waals surface area contributed by atoms with Crippen molar-refractivity contribution in [2.24, 2.45) is 4.99 Å². The molecule has 1 aromatic rings. The minimum atomic E-state index is -0.648. The average Bonchev–Trinajstić information content (AvgIpc) is 2.62. The van der Waals surface area contributed by atoms with E-state index in [9.17, 15) is 4.39 Å². The van der Waals surface area contributed by atoms with Gasteiger partial charge < -0.3 is 5.32 Å². The molecule has 128 valence electrons. The maximum absolute atomic E-state index is 13.4. The Hall–Kier alpha value is -1.98. The van der Waals surface area contributed by atoms with Crippen molar-refractivity contribution in [2.75, 3.05) is 19.8 Å². The van der Waals surface area contributed by atoms with E-state index in [4.69, 9.17) is 4.99 Å². The topological polar surface area (TPSA) is 39.7 Å². The summed E-state index contributed by atoms with van der Waals surface area (Å²) in [5.74, 6) is 0.723. The third-order valence-electron chi connectivity index (χ3n) is 4.37. The Balaban J connectivity index is 1.85. The zero-order valence-corrected chi connectivity index (χ0v) is 14.1. The molecule has 1 atom stereocenters. The van der Waals surface area contributed by atoms with Crippen LogP contribution in [0.3, 0.4) is 0 Å². The van der Waals surface area contributed by atoms with Crippen LogP contribution in [0.4, 0.5) is 4.39 Å². The van der Waals surface area contributed by atoms with Gasteiger partial charge in [-0.3, -0.25) is 10.2 Å². The largest absolute Gasteiger partial charge is 0.351 e. The number of halogens is 1. The molecule has 0 aromatic heterocycles. The first-order chi connectivity index (χ1) is 11.7. The molecule has 1 unspecified atom stereocenters. The van der Waals surface area contributed by atoms with Gasteiger partial charge in [-0.1, -0.05) is 31.2 Å². The molecule has 0 spiro atoms.